The Kier molecular flexibility index (Phi) is 3.85. The van der Waals surface area contributed by atoms with Crippen molar-refractivity contribution < 1.29 is 9.84 Å². The Morgan fingerprint density at radius 2 is 1.78 bits per heavy atom. The number of phenols is 1. The molecular weight excluding hydrogens is 226 g/mol. The zero-order valence-corrected chi connectivity index (χ0v) is 10.3. The largest absolute Gasteiger partial charge is 0.504 e. The Labute approximate surface area is 107 Å². The van der Waals surface area contributed by atoms with Crippen molar-refractivity contribution in [1.29, 1.82) is 0 Å². The van der Waals surface area contributed by atoms with Crippen molar-refractivity contribution in [3.8, 4) is 11.5 Å². The van der Waals surface area contributed by atoms with Gasteiger partial charge < -0.3 is 15.6 Å². The molecule has 3 heteroatoms. The molecule has 0 amide bonds. The zero-order valence-electron chi connectivity index (χ0n) is 10.3. The first-order valence-corrected chi connectivity index (χ1v) is 5.90. The summed E-state index contributed by atoms with van der Waals surface area (Å²) in [6, 6.07) is 14.7. The molecule has 2 aromatic rings. The average Bonchev–Trinajstić information content (AvgIpc) is 2.38. The highest BCUT2D eigenvalue weighted by Gasteiger charge is 2.08. The van der Waals surface area contributed by atoms with E-state index < -0.39 is 0 Å². The number of aryl methyl sites for hydroxylation is 1. The maximum atomic E-state index is 9.56. The lowest BCUT2D eigenvalue weighted by atomic mass is 10.1. The second-order valence-corrected chi connectivity index (χ2v) is 4.30. The van der Waals surface area contributed by atoms with Crippen molar-refractivity contribution >= 4 is 0 Å². The van der Waals surface area contributed by atoms with Crippen LogP contribution in [0, 0.1) is 6.92 Å². The summed E-state index contributed by atoms with van der Waals surface area (Å²) in [5, 5.41) is 9.56. The van der Waals surface area contributed by atoms with E-state index in [1.54, 1.807) is 18.2 Å². The highest BCUT2D eigenvalue weighted by atomic mass is 16.5. The molecular formula is C15H17NO2. The number of aromatic hydroxyl groups is 1. The summed E-state index contributed by atoms with van der Waals surface area (Å²) in [6.07, 6.45) is 0. The van der Waals surface area contributed by atoms with Gasteiger partial charge in [-0.3, -0.25) is 0 Å². The Bertz CT molecular complexity index is 508. The van der Waals surface area contributed by atoms with Gasteiger partial charge in [0.05, 0.1) is 6.04 Å². The summed E-state index contributed by atoms with van der Waals surface area (Å²) in [6.45, 7) is 2.37. The second-order valence-electron chi connectivity index (χ2n) is 4.30. The van der Waals surface area contributed by atoms with E-state index in [-0.39, 0.29) is 11.8 Å². The normalized spacial score (nSPS) is 12.1. The van der Waals surface area contributed by atoms with E-state index in [4.69, 9.17) is 10.5 Å². The van der Waals surface area contributed by atoms with E-state index in [0.29, 0.717) is 12.4 Å². The number of ether oxygens (including phenoxy) is 1. The van der Waals surface area contributed by atoms with Gasteiger partial charge in [-0.15, -0.1) is 0 Å². The Hall–Kier alpha value is -2.00. The first kappa shape index (κ1) is 12.5. The van der Waals surface area contributed by atoms with Crippen LogP contribution in [-0.2, 0) is 0 Å². The minimum absolute atomic E-state index is 0.133. The topological polar surface area (TPSA) is 55.5 Å². The third-order valence-electron chi connectivity index (χ3n) is 2.79. The van der Waals surface area contributed by atoms with Crippen LogP contribution < -0.4 is 10.5 Å². The number of para-hydroxylation sites is 2. The van der Waals surface area contributed by atoms with Crippen LogP contribution in [0.15, 0.2) is 48.5 Å². The van der Waals surface area contributed by atoms with Crippen LogP contribution in [0.5, 0.6) is 11.5 Å². The van der Waals surface area contributed by atoms with Crippen LogP contribution >= 0.6 is 0 Å². The molecule has 0 aromatic heterocycles. The molecule has 0 saturated heterocycles. The summed E-state index contributed by atoms with van der Waals surface area (Å²) in [7, 11) is 0. The predicted octanol–water partition coefficient (Wildman–Crippen LogP) is 2.78. The fourth-order valence-electron chi connectivity index (χ4n) is 1.67. The maximum absolute atomic E-state index is 9.56. The molecule has 0 radical (unpaired) electrons. The molecule has 94 valence electrons. The van der Waals surface area contributed by atoms with E-state index >= 15 is 0 Å². The summed E-state index contributed by atoms with van der Waals surface area (Å²) >= 11 is 0. The first-order chi connectivity index (χ1) is 8.66. The molecule has 18 heavy (non-hydrogen) atoms. The quantitative estimate of drug-likeness (QED) is 0.868. The molecule has 0 aliphatic carbocycles. The molecule has 0 heterocycles. The van der Waals surface area contributed by atoms with Crippen LogP contribution in [0.2, 0.25) is 0 Å². The van der Waals surface area contributed by atoms with E-state index in [9.17, 15) is 5.11 Å². The molecule has 3 nitrogen and oxygen atoms in total. The molecule has 0 aliphatic heterocycles. The van der Waals surface area contributed by atoms with Crippen molar-refractivity contribution in [3.05, 3.63) is 59.7 Å². The Morgan fingerprint density at radius 1 is 1.11 bits per heavy atom. The van der Waals surface area contributed by atoms with Crippen LogP contribution in [0.25, 0.3) is 0 Å². The highest BCUT2D eigenvalue weighted by Crippen LogP contribution is 2.25. The molecule has 0 fully saturated rings. The first-order valence-electron chi connectivity index (χ1n) is 5.90. The van der Waals surface area contributed by atoms with Gasteiger partial charge in [0.2, 0.25) is 0 Å². The van der Waals surface area contributed by atoms with Gasteiger partial charge in [0, 0.05) is 0 Å². The number of hydrogen-bond donors (Lipinski definition) is 2. The molecule has 0 aliphatic rings. The molecule has 1 atom stereocenters. The third-order valence-corrected chi connectivity index (χ3v) is 2.79. The molecule has 0 spiro atoms. The van der Waals surface area contributed by atoms with E-state index in [1.807, 2.05) is 37.3 Å². The summed E-state index contributed by atoms with van der Waals surface area (Å²) < 4.78 is 5.51. The lowest BCUT2D eigenvalue weighted by Gasteiger charge is -2.14. The number of phenolic OH excluding ortho intramolecular Hbond substituents is 1. The highest BCUT2D eigenvalue weighted by molar-refractivity contribution is 5.38. The fraction of sp³-hybridized carbons (Fsp3) is 0.200. The molecule has 3 N–H and O–H groups in total. The number of benzene rings is 2. The van der Waals surface area contributed by atoms with Gasteiger partial charge in [0.1, 0.15) is 6.61 Å². The SMILES string of the molecule is Cc1ccc(C(N)COc2ccccc2O)cc1. The maximum Gasteiger partial charge on any atom is 0.161 e. The second kappa shape index (κ2) is 5.56. The summed E-state index contributed by atoms with van der Waals surface area (Å²) in [5.41, 5.74) is 8.26. The van der Waals surface area contributed by atoms with Gasteiger partial charge in [-0.1, -0.05) is 42.0 Å². The van der Waals surface area contributed by atoms with Crippen molar-refractivity contribution in [1.82, 2.24) is 0 Å². The monoisotopic (exact) mass is 243 g/mol. The molecule has 2 rings (SSSR count). The van der Waals surface area contributed by atoms with Crippen molar-refractivity contribution in [3.63, 3.8) is 0 Å². The van der Waals surface area contributed by atoms with E-state index in [0.717, 1.165) is 5.56 Å². The molecule has 0 saturated carbocycles. The van der Waals surface area contributed by atoms with Crippen LogP contribution in [0.1, 0.15) is 17.2 Å². The van der Waals surface area contributed by atoms with Crippen LogP contribution in [-0.4, -0.2) is 11.7 Å². The summed E-state index contributed by atoms with van der Waals surface area (Å²) in [5.74, 6) is 0.591. The minimum atomic E-state index is -0.204. The van der Waals surface area contributed by atoms with Crippen LogP contribution in [0.3, 0.4) is 0 Å². The third kappa shape index (κ3) is 3.02. The summed E-state index contributed by atoms with van der Waals surface area (Å²) in [4.78, 5) is 0. The van der Waals surface area contributed by atoms with Gasteiger partial charge in [-0.05, 0) is 24.6 Å². The standard InChI is InChI=1S/C15H17NO2/c1-11-6-8-12(9-7-11)13(16)10-18-15-5-3-2-4-14(15)17/h2-9,13,17H,10,16H2,1H3. The van der Waals surface area contributed by atoms with Crippen LogP contribution in [0.4, 0.5) is 0 Å². The predicted molar refractivity (Wildman–Crippen MR) is 71.7 cm³/mol. The number of rotatable bonds is 4. The molecule has 2 aromatic carbocycles. The van der Waals surface area contributed by atoms with Gasteiger partial charge in [0.15, 0.2) is 11.5 Å². The van der Waals surface area contributed by atoms with Gasteiger partial charge >= 0.3 is 0 Å². The Balaban J connectivity index is 1.98. The average molecular weight is 243 g/mol. The number of nitrogens with two attached hydrogens (primary N) is 1. The molecule has 1 unspecified atom stereocenters. The minimum Gasteiger partial charge on any atom is -0.504 e. The lowest BCUT2D eigenvalue weighted by molar-refractivity contribution is 0.277. The fourth-order valence-corrected chi connectivity index (χ4v) is 1.67. The number of hydrogen-bond acceptors (Lipinski definition) is 3. The van der Waals surface area contributed by atoms with Crippen molar-refractivity contribution in [2.24, 2.45) is 5.73 Å². The van der Waals surface area contributed by atoms with Gasteiger partial charge in [0.25, 0.3) is 0 Å². The Morgan fingerprint density at radius 3 is 2.44 bits per heavy atom. The smallest absolute Gasteiger partial charge is 0.161 e. The lowest BCUT2D eigenvalue weighted by Crippen LogP contribution is -2.18. The van der Waals surface area contributed by atoms with E-state index in [2.05, 4.69) is 0 Å². The molecule has 0 bridgehead atoms. The van der Waals surface area contributed by atoms with Crippen molar-refractivity contribution in [2.45, 2.75) is 13.0 Å². The van der Waals surface area contributed by atoms with E-state index in [1.165, 1.54) is 5.56 Å². The van der Waals surface area contributed by atoms with Gasteiger partial charge in [-0.2, -0.15) is 0 Å². The zero-order chi connectivity index (χ0) is 13.0. The van der Waals surface area contributed by atoms with Gasteiger partial charge in [-0.25, -0.2) is 0 Å². The van der Waals surface area contributed by atoms with Crippen molar-refractivity contribution in [2.75, 3.05) is 6.61 Å².